The highest BCUT2D eigenvalue weighted by Gasteiger charge is 2.26. The normalized spacial score (nSPS) is 16.1. The van der Waals surface area contributed by atoms with Gasteiger partial charge in [-0.3, -0.25) is 0 Å². The summed E-state index contributed by atoms with van der Waals surface area (Å²) in [6, 6.07) is 1.81. The average Bonchev–Trinajstić information content (AvgIpc) is 2.16. The van der Waals surface area contributed by atoms with Gasteiger partial charge in [0.25, 0.3) is 0 Å². The van der Waals surface area contributed by atoms with E-state index in [4.69, 9.17) is 5.73 Å². The van der Waals surface area contributed by atoms with Crippen molar-refractivity contribution in [3.8, 4) is 0 Å². The van der Waals surface area contributed by atoms with Crippen LogP contribution in [0.1, 0.15) is 46.4 Å². The van der Waals surface area contributed by atoms with Crippen LogP contribution in [0, 0.1) is 5.41 Å². The lowest BCUT2D eigenvalue weighted by atomic mass is 9.84. The molecule has 0 aliphatic rings. The molecule has 1 aromatic rings. The maximum atomic E-state index is 6.22. The van der Waals surface area contributed by atoms with Crippen molar-refractivity contribution in [2.45, 2.75) is 46.1 Å². The lowest BCUT2D eigenvalue weighted by molar-refractivity contribution is 0.299. The fraction of sp³-hybridized carbons (Fsp3) is 0.667. The van der Waals surface area contributed by atoms with Gasteiger partial charge in [-0.25, -0.2) is 9.97 Å². The molecule has 1 atom stereocenters. The van der Waals surface area contributed by atoms with E-state index in [0.29, 0.717) is 5.41 Å². The smallest absolute Gasteiger partial charge is 0.147 e. The van der Waals surface area contributed by atoms with Crippen molar-refractivity contribution in [3.63, 3.8) is 0 Å². The molecule has 1 unspecified atom stereocenters. The van der Waals surface area contributed by atoms with E-state index in [2.05, 4.69) is 30.7 Å². The summed E-state index contributed by atoms with van der Waals surface area (Å²) in [7, 11) is 0. The summed E-state index contributed by atoms with van der Waals surface area (Å²) in [5, 5.41) is 0. The van der Waals surface area contributed by atoms with Gasteiger partial charge in [0, 0.05) is 12.4 Å². The SMILES string of the molecule is CC(C)(C)CCC(C)(N)c1ncccn1. The number of aromatic nitrogens is 2. The van der Waals surface area contributed by atoms with Gasteiger partial charge in [-0.15, -0.1) is 0 Å². The first-order chi connectivity index (χ1) is 6.81. The monoisotopic (exact) mass is 207 g/mol. The zero-order chi connectivity index (χ0) is 11.5. The third-order valence-electron chi connectivity index (χ3n) is 2.47. The Morgan fingerprint density at radius 1 is 1.07 bits per heavy atom. The van der Waals surface area contributed by atoms with Gasteiger partial charge in [0.05, 0.1) is 5.54 Å². The Hall–Kier alpha value is -0.960. The summed E-state index contributed by atoms with van der Waals surface area (Å²) in [6.45, 7) is 8.65. The molecule has 0 amide bonds. The van der Waals surface area contributed by atoms with Crippen molar-refractivity contribution in [1.29, 1.82) is 0 Å². The fourth-order valence-electron chi connectivity index (χ4n) is 1.34. The highest BCUT2D eigenvalue weighted by Crippen LogP contribution is 2.28. The van der Waals surface area contributed by atoms with E-state index in [0.717, 1.165) is 18.7 Å². The molecule has 0 aliphatic heterocycles. The van der Waals surface area contributed by atoms with E-state index < -0.39 is 5.54 Å². The molecule has 0 saturated carbocycles. The highest BCUT2D eigenvalue weighted by molar-refractivity contribution is 5.02. The molecular weight excluding hydrogens is 186 g/mol. The predicted molar refractivity (Wildman–Crippen MR) is 62.3 cm³/mol. The molecule has 0 bridgehead atoms. The van der Waals surface area contributed by atoms with Crippen molar-refractivity contribution in [2.24, 2.45) is 11.1 Å². The van der Waals surface area contributed by atoms with Crippen molar-refractivity contribution >= 4 is 0 Å². The Balaban J connectivity index is 2.68. The quantitative estimate of drug-likeness (QED) is 0.828. The van der Waals surface area contributed by atoms with E-state index in [9.17, 15) is 0 Å². The van der Waals surface area contributed by atoms with Gasteiger partial charge < -0.3 is 5.73 Å². The molecule has 0 aliphatic carbocycles. The zero-order valence-corrected chi connectivity index (χ0v) is 10.1. The van der Waals surface area contributed by atoms with Gasteiger partial charge in [0.2, 0.25) is 0 Å². The molecule has 0 aromatic carbocycles. The Labute approximate surface area is 92.1 Å². The molecule has 3 heteroatoms. The highest BCUT2D eigenvalue weighted by atomic mass is 14.9. The Morgan fingerprint density at radius 2 is 1.60 bits per heavy atom. The summed E-state index contributed by atoms with van der Waals surface area (Å²) in [6.07, 6.45) is 5.45. The molecule has 2 N–H and O–H groups in total. The van der Waals surface area contributed by atoms with Crippen LogP contribution in [0.15, 0.2) is 18.5 Å². The maximum Gasteiger partial charge on any atom is 0.147 e. The first-order valence-electron chi connectivity index (χ1n) is 5.38. The first-order valence-corrected chi connectivity index (χ1v) is 5.38. The molecule has 1 rings (SSSR count). The molecule has 0 saturated heterocycles. The van der Waals surface area contributed by atoms with Crippen LogP contribution in [0.3, 0.4) is 0 Å². The molecule has 0 spiro atoms. The van der Waals surface area contributed by atoms with Crippen molar-refractivity contribution in [1.82, 2.24) is 9.97 Å². The molecule has 0 fully saturated rings. The van der Waals surface area contributed by atoms with Crippen LogP contribution >= 0.6 is 0 Å². The third-order valence-corrected chi connectivity index (χ3v) is 2.47. The second-order valence-corrected chi connectivity index (χ2v) is 5.55. The number of rotatable bonds is 3. The summed E-state index contributed by atoms with van der Waals surface area (Å²) in [5.74, 6) is 0.731. The first kappa shape index (κ1) is 12.1. The number of hydrogen-bond donors (Lipinski definition) is 1. The number of nitrogens with zero attached hydrogens (tertiary/aromatic N) is 2. The summed E-state index contributed by atoms with van der Waals surface area (Å²) in [5.41, 5.74) is 6.10. The summed E-state index contributed by atoms with van der Waals surface area (Å²) >= 11 is 0. The van der Waals surface area contributed by atoms with E-state index in [1.807, 2.05) is 13.0 Å². The Kier molecular flexibility index (Phi) is 3.45. The van der Waals surface area contributed by atoms with Crippen LogP contribution in [0.5, 0.6) is 0 Å². The maximum absolute atomic E-state index is 6.22. The van der Waals surface area contributed by atoms with Gasteiger partial charge in [-0.2, -0.15) is 0 Å². The molecule has 0 radical (unpaired) electrons. The minimum atomic E-state index is -0.422. The van der Waals surface area contributed by atoms with Gasteiger partial charge in [0.15, 0.2) is 0 Å². The van der Waals surface area contributed by atoms with Crippen LogP contribution < -0.4 is 5.73 Å². The van der Waals surface area contributed by atoms with Crippen molar-refractivity contribution in [2.75, 3.05) is 0 Å². The van der Waals surface area contributed by atoms with Crippen molar-refractivity contribution in [3.05, 3.63) is 24.3 Å². The van der Waals surface area contributed by atoms with Crippen molar-refractivity contribution < 1.29 is 0 Å². The van der Waals surface area contributed by atoms with E-state index in [1.165, 1.54) is 0 Å². The van der Waals surface area contributed by atoms with Crippen LogP contribution in [0.2, 0.25) is 0 Å². The summed E-state index contributed by atoms with van der Waals surface area (Å²) < 4.78 is 0. The van der Waals surface area contributed by atoms with Gasteiger partial charge in [-0.05, 0) is 31.2 Å². The predicted octanol–water partition coefficient (Wildman–Crippen LogP) is 2.48. The van der Waals surface area contributed by atoms with Crippen LogP contribution in [0.25, 0.3) is 0 Å². The second-order valence-electron chi connectivity index (χ2n) is 5.55. The second kappa shape index (κ2) is 4.27. The minimum absolute atomic E-state index is 0.301. The van der Waals surface area contributed by atoms with E-state index in [-0.39, 0.29) is 0 Å². The molecule has 1 aromatic heterocycles. The van der Waals surface area contributed by atoms with E-state index in [1.54, 1.807) is 12.4 Å². The fourth-order valence-corrected chi connectivity index (χ4v) is 1.34. The number of nitrogens with two attached hydrogens (primary N) is 1. The topological polar surface area (TPSA) is 51.8 Å². The Morgan fingerprint density at radius 3 is 2.07 bits per heavy atom. The molecule has 3 nitrogen and oxygen atoms in total. The third kappa shape index (κ3) is 3.96. The van der Waals surface area contributed by atoms with Gasteiger partial charge in [-0.1, -0.05) is 20.8 Å². The summed E-state index contributed by atoms with van der Waals surface area (Å²) in [4.78, 5) is 8.43. The number of hydrogen-bond acceptors (Lipinski definition) is 3. The molecule has 84 valence electrons. The van der Waals surface area contributed by atoms with E-state index >= 15 is 0 Å². The lowest BCUT2D eigenvalue weighted by Gasteiger charge is -2.27. The van der Waals surface area contributed by atoms with Gasteiger partial charge in [0.1, 0.15) is 5.82 Å². The largest absolute Gasteiger partial charge is 0.319 e. The Bertz CT molecular complexity index is 298. The van der Waals surface area contributed by atoms with Crippen LogP contribution in [-0.4, -0.2) is 9.97 Å². The van der Waals surface area contributed by atoms with Crippen LogP contribution in [0.4, 0.5) is 0 Å². The zero-order valence-electron chi connectivity index (χ0n) is 10.1. The molecular formula is C12H21N3. The standard InChI is InChI=1S/C12H21N3/c1-11(2,3)6-7-12(4,13)10-14-8-5-9-15-10/h5,8-9H,6-7,13H2,1-4H3. The van der Waals surface area contributed by atoms with Crippen LogP contribution in [-0.2, 0) is 5.54 Å². The van der Waals surface area contributed by atoms with Gasteiger partial charge >= 0.3 is 0 Å². The molecule has 1 heterocycles. The average molecular weight is 207 g/mol. The lowest BCUT2D eigenvalue weighted by Crippen LogP contribution is -2.36. The molecule has 15 heavy (non-hydrogen) atoms. The minimum Gasteiger partial charge on any atom is -0.319 e.